The molecule has 0 saturated carbocycles. The standard InChI is InChI=1S/C22H22N2O3/c1-14-19(22(26)27-3)15(2)23-20(14)21(25)24-18-12-8-7-11-17(18)13-16-9-5-4-6-10-16/h4-12,23H,13H2,1-3H3,(H,24,25). The van der Waals surface area contributed by atoms with Gasteiger partial charge in [-0.3, -0.25) is 4.79 Å². The Morgan fingerprint density at radius 1 is 1.00 bits per heavy atom. The smallest absolute Gasteiger partial charge is 0.339 e. The molecule has 0 unspecified atom stereocenters. The molecular formula is C22H22N2O3. The Bertz CT molecular complexity index is 974. The second-order valence-corrected chi connectivity index (χ2v) is 6.39. The third-order valence-electron chi connectivity index (χ3n) is 4.56. The number of methoxy groups -OCH3 is 1. The summed E-state index contributed by atoms with van der Waals surface area (Å²) in [6.07, 6.45) is 0.716. The number of aromatic amines is 1. The zero-order valence-corrected chi connectivity index (χ0v) is 15.6. The zero-order chi connectivity index (χ0) is 19.4. The molecule has 1 amide bonds. The maximum absolute atomic E-state index is 12.8. The molecule has 0 spiro atoms. The van der Waals surface area contributed by atoms with Gasteiger partial charge in [-0.25, -0.2) is 4.79 Å². The highest BCUT2D eigenvalue weighted by molar-refractivity contribution is 6.07. The Morgan fingerprint density at radius 3 is 2.37 bits per heavy atom. The lowest BCUT2D eigenvalue weighted by Crippen LogP contribution is -2.15. The second kappa shape index (κ2) is 7.91. The van der Waals surface area contributed by atoms with Crippen LogP contribution in [0.1, 0.15) is 43.2 Å². The molecule has 2 aromatic carbocycles. The van der Waals surface area contributed by atoms with Gasteiger partial charge in [-0.05, 0) is 43.0 Å². The van der Waals surface area contributed by atoms with Crippen LogP contribution in [-0.4, -0.2) is 24.0 Å². The molecular weight excluding hydrogens is 340 g/mol. The van der Waals surface area contributed by atoms with E-state index < -0.39 is 5.97 Å². The summed E-state index contributed by atoms with van der Waals surface area (Å²) in [5.41, 5.74) is 4.89. The molecule has 138 valence electrons. The van der Waals surface area contributed by atoms with Crippen molar-refractivity contribution in [3.05, 3.63) is 88.2 Å². The number of esters is 1. The fraction of sp³-hybridized carbons (Fsp3) is 0.182. The van der Waals surface area contributed by atoms with Crippen molar-refractivity contribution in [2.24, 2.45) is 0 Å². The molecule has 0 fully saturated rings. The van der Waals surface area contributed by atoms with E-state index in [0.717, 1.165) is 11.3 Å². The van der Waals surface area contributed by atoms with Crippen molar-refractivity contribution in [3.63, 3.8) is 0 Å². The number of ether oxygens (including phenoxy) is 1. The lowest BCUT2D eigenvalue weighted by molar-refractivity contribution is 0.0599. The summed E-state index contributed by atoms with van der Waals surface area (Å²) in [6.45, 7) is 3.49. The minimum absolute atomic E-state index is 0.286. The van der Waals surface area contributed by atoms with E-state index in [-0.39, 0.29) is 5.91 Å². The normalized spacial score (nSPS) is 10.5. The Kier molecular flexibility index (Phi) is 5.41. The highest BCUT2D eigenvalue weighted by atomic mass is 16.5. The van der Waals surface area contributed by atoms with E-state index in [0.29, 0.717) is 28.9 Å². The monoisotopic (exact) mass is 362 g/mol. The fourth-order valence-corrected chi connectivity index (χ4v) is 3.18. The number of carbonyl (C=O) groups is 2. The average molecular weight is 362 g/mol. The Labute approximate surface area is 158 Å². The minimum Gasteiger partial charge on any atom is -0.465 e. The van der Waals surface area contributed by atoms with Crippen molar-refractivity contribution < 1.29 is 14.3 Å². The summed E-state index contributed by atoms with van der Waals surface area (Å²) in [7, 11) is 1.33. The summed E-state index contributed by atoms with van der Waals surface area (Å²) in [6, 6.07) is 17.8. The SMILES string of the molecule is COC(=O)c1c(C)[nH]c(C(=O)Nc2ccccc2Cc2ccccc2)c1C. The van der Waals surface area contributed by atoms with E-state index in [1.807, 2.05) is 42.5 Å². The van der Waals surface area contributed by atoms with Crippen LogP contribution < -0.4 is 5.32 Å². The van der Waals surface area contributed by atoms with Gasteiger partial charge in [0.05, 0.1) is 12.7 Å². The van der Waals surface area contributed by atoms with E-state index >= 15 is 0 Å². The molecule has 1 heterocycles. The molecule has 0 atom stereocenters. The molecule has 5 nitrogen and oxygen atoms in total. The van der Waals surface area contributed by atoms with Crippen LogP contribution in [0, 0.1) is 13.8 Å². The first-order valence-corrected chi connectivity index (χ1v) is 8.72. The number of aromatic nitrogens is 1. The Balaban J connectivity index is 1.86. The number of para-hydroxylation sites is 1. The third-order valence-corrected chi connectivity index (χ3v) is 4.56. The topological polar surface area (TPSA) is 71.2 Å². The van der Waals surface area contributed by atoms with E-state index in [2.05, 4.69) is 22.4 Å². The van der Waals surface area contributed by atoms with E-state index in [9.17, 15) is 9.59 Å². The van der Waals surface area contributed by atoms with Gasteiger partial charge in [0.15, 0.2) is 0 Å². The molecule has 0 aliphatic heterocycles. The number of nitrogens with one attached hydrogen (secondary N) is 2. The van der Waals surface area contributed by atoms with Crippen LogP contribution in [0.4, 0.5) is 5.69 Å². The number of aryl methyl sites for hydroxylation is 1. The molecule has 3 rings (SSSR count). The molecule has 0 saturated heterocycles. The number of rotatable bonds is 5. The van der Waals surface area contributed by atoms with Gasteiger partial charge in [-0.1, -0.05) is 48.5 Å². The molecule has 0 bridgehead atoms. The third kappa shape index (κ3) is 3.92. The number of benzene rings is 2. The van der Waals surface area contributed by atoms with Crippen LogP contribution in [0.3, 0.4) is 0 Å². The molecule has 1 aromatic heterocycles. The van der Waals surface area contributed by atoms with E-state index in [4.69, 9.17) is 4.74 Å². The van der Waals surface area contributed by atoms with Crippen LogP contribution in [0.15, 0.2) is 54.6 Å². The van der Waals surface area contributed by atoms with Gasteiger partial charge in [0, 0.05) is 11.4 Å². The number of hydrogen-bond donors (Lipinski definition) is 2. The van der Waals surface area contributed by atoms with Crippen molar-refractivity contribution >= 4 is 17.6 Å². The predicted molar refractivity (Wildman–Crippen MR) is 105 cm³/mol. The first-order valence-electron chi connectivity index (χ1n) is 8.72. The zero-order valence-electron chi connectivity index (χ0n) is 15.6. The number of hydrogen-bond acceptors (Lipinski definition) is 3. The molecule has 3 aromatic rings. The molecule has 2 N–H and O–H groups in total. The largest absolute Gasteiger partial charge is 0.465 e. The molecule has 27 heavy (non-hydrogen) atoms. The van der Waals surface area contributed by atoms with Crippen molar-refractivity contribution in [1.29, 1.82) is 0 Å². The van der Waals surface area contributed by atoms with Crippen molar-refractivity contribution in [1.82, 2.24) is 4.98 Å². The maximum atomic E-state index is 12.8. The summed E-state index contributed by atoms with van der Waals surface area (Å²) in [4.78, 5) is 27.8. The first kappa shape index (κ1) is 18.5. The maximum Gasteiger partial charge on any atom is 0.339 e. The molecule has 0 radical (unpaired) electrons. The van der Waals surface area contributed by atoms with E-state index in [1.165, 1.54) is 12.7 Å². The Morgan fingerprint density at radius 2 is 1.67 bits per heavy atom. The highest BCUT2D eigenvalue weighted by Gasteiger charge is 2.22. The van der Waals surface area contributed by atoms with Crippen molar-refractivity contribution in [2.75, 3.05) is 12.4 Å². The summed E-state index contributed by atoms with van der Waals surface area (Å²) in [5.74, 6) is -0.740. The first-order chi connectivity index (χ1) is 13.0. The van der Waals surface area contributed by atoms with Crippen LogP contribution in [0.25, 0.3) is 0 Å². The Hall–Kier alpha value is -3.34. The van der Waals surface area contributed by atoms with Crippen molar-refractivity contribution in [2.45, 2.75) is 20.3 Å². The predicted octanol–water partition coefficient (Wildman–Crippen LogP) is 4.26. The molecule has 5 heteroatoms. The van der Waals surface area contributed by atoms with Crippen LogP contribution in [0.5, 0.6) is 0 Å². The molecule has 0 aliphatic carbocycles. The van der Waals surface area contributed by atoms with Gasteiger partial charge in [-0.15, -0.1) is 0 Å². The van der Waals surface area contributed by atoms with Gasteiger partial charge in [0.1, 0.15) is 5.69 Å². The number of amides is 1. The van der Waals surface area contributed by atoms with Gasteiger partial charge >= 0.3 is 5.97 Å². The van der Waals surface area contributed by atoms with Gasteiger partial charge in [-0.2, -0.15) is 0 Å². The van der Waals surface area contributed by atoms with Crippen LogP contribution in [-0.2, 0) is 11.2 Å². The fourth-order valence-electron chi connectivity index (χ4n) is 3.18. The summed E-state index contributed by atoms with van der Waals surface area (Å²) in [5, 5.41) is 2.96. The van der Waals surface area contributed by atoms with Crippen LogP contribution >= 0.6 is 0 Å². The van der Waals surface area contributed by atoms with Crippen molar-refractivity contribution in [3.8, 4) is 0 Å². The lowest BCUT2D eigenvalue weighted by atomic mass is 10.0. The number of carbonyl (C=O) groups excluding carboxylic acids is 2. The number of anilines is 1. The van der Waals surface area contributed by atoms with Gasteiger partial charge in [0.25, 0.3) is 5.91 Å². The van der Waals surface area contributed by atoms with Gasteiger partial charge < -0.3 is 15.0 Å². The minimum atomic E-state index is -0.454. The summed E-state index contributed by atoms with van der Waals surface area (Å²) < 4.78 is 4.80. The quantitative estimate of drug-likeness (QED) is 0.666. The highest BCUT2D eigenvalue weighted by Crippen LogP contribution is 2.23. The average Bonchev–Trinajstić information content (AvgIpc) is 2.98. The van der Waals surface area contributed by atoms with Gasteiger partial charge in [0.2, 0.25) is 0 Å². The number of H-pyrrole nitrogens is 1. The lowest BCUT2D eigenvalue weighted by Gasteiger charge is -2.11. The molecule has 0 aliphatic rings. The summed E-state index contributed by atoms with van der Waals surface area (Å²) >= 11 is 0. The van der Waals surface area contributed by atoms with Crippen LogP contribution in [0.2, 0.25) is 0 Å². The second-order valence-electron chi connectivity index (χ2n) is 6.39. The van der Waals surface area contributed by atoms with E-state index in [1.54, 1.807) is 13.8 Å².